The maximum Gasteiger partial charge on any atom is 0.238 e. The zero-order chi connectivity index (χ0) is 15.7. The highest BCUT2D eigenvalue weighted by Crippen LogP contribution is 2.32. The van der Waals surface area contributed by atoms with Gasteiger partial charge in [0.1, 0.15) is 11.8 Å². The Morgan fingerprint density at radius 2 is 2.09 bits per heavy atom. The number of carbonyl (C=O) groups excluding carboxylic acids is 1. The molecule has 1 aromatic carbocycles. The van der Waals surface area contributed by atoms with E-state index in [1.165, 1.54) is 4.31 Å². The van der Waals surface area contributed by atoms with Crippen molar-refractivity contribution < 1.29 is 17.9 Å². The van der Waals surface area contributed by atoms with Crippen LogP contribution in [-0.2, 0) is 14.8 Å². The van der Waals surface area contributed by atoms with Crippen LogP contribution in [0.1, 0.15) is 30.9 Å². The number of amides is 1. The number of hydrogen-bond donors (Lipinski definition) is 1. The number of ether oxygens (including phenoxy) is 1. The van der Waals surface area contributed by atoms with E-state index >= 15 is 0 Å². The van der Waals surface area contributed by atoms with Crippen LogP contribution >= 0.6 is 0 Å². The van der Waals surface area contributed by atoms with Crippen molar-refractivity contribution in [3.05, 3.63) is 29.8 Å². The monoisotopic (exact) mass is 324 g/mol. The molecule has 0 bridgehead atoms. The smallest absolute Gasteiger partial charge is 0.238 e. The van der Waals surface area contributed by atoms with Crippen LogP contribution in [0.5, 0.6) is 5.75 Å². The van der Waals surface area contributed by atoms with Crippen molar-refractivity contribution in [2.75, 3.05) is 19.4 Å². The molecule has 0 aromatic heterocycles. The number of benzene rings is 1. The third-order valence-electron chi connectivity index (χ3n) is 4.21. The standard InChI is InChI=1S/C15H20N2O4S/c1-22(19,20)17-9-4-6-13(17)15(18)16-12-8-10-21-14-7-3-2-5-11(12)14/h2-3,5,7,12-13H,4,6,8-10H2,1H3,(H,16,18)/t12-,13+/m1/s1. The Morgan fingerprint density at radius 3 is 2.86 bits per heavy atom. The first-order valence-electron chi connectivity index (χ1n) is 7.46. The largest absolute Gasteiger partial charge is 0.493 e. The second-order valence-corrected chi connectivity index (χ2v) is 7.70. The zero-order valence-electron chi connectivity index (χ0n) is 12.5. The van der Waals surface area contributed by atoms with Crippen LogP contribution in [0.25, 0.3) is 0 Å². The number of hydrogen-bond acceptors (Lipinski definition) is 4. The molecular formula is C15H20N2O4S. The Hall–Kier alpha value is -1.60. The van der Waals surface area contributed by atoms with E-state index in [2.05, 4.69) is 5.32 Å². The highest BCUT2D eigenvalue weighted by Gasteiger charge is 2.37. The fourth-order valence-corrected chi connectivity index (χ4v) is 4.28. The van der Waals surface area contributed by atoms with Gasteiger partial charge in [0.15, 0.2) is 0 Å². The van der Waals surface area contributed by atoms with E-state index in [0.717, 1.165) is 24.0 Å². The molecule has 1 aromatic rings. The molecule has 0 radical (unpaired) electrons. The van der Waals surface area contributed by atoms with Crippen LogP contribution in [0.4, 0.5) is 0 Å². The summed E-state index contributed by atoms with van der Waals surface area (Å²) in [7, 11) is -3.35. The summed E-state index contributed by atoms with van der Waals surface area (Å²) >= 11 is 0. The number of fused-ring (bicyclic) bond motifs is 1. The molecule has 1 saturated heterocycles. The summed E-state index contributed by atoms with van der Waals surface area (Å²) in [5.41, 5.74) is 0.950. The van der Waals surface area contributed by atoms with Gasteiger partial charge < -0.3 is 10.1 Å². The minimum atomic E-state index is -3.35. The van der Waals surface area contributed by atoms with Crippen LogP contribution in [-0.4, -0.2) is 44.1 Å². The van der Waals surface area contributed by atoms with Crippen molar-refractivity contribution in [1.29, 1.82) is 0 Å². The SMILES string of the molecule is CS(=O)(=O)N1CCC[C@H]1C(=O)N[C@@H]1CCOc2ccccc21. The first kappa shape index (κ1) is 15.3. The van der Waals surface area contributed by atoms with E-state index in [0.29, 0.717) is 26.0 Å². The molecule has 0 unspecified atom stereocenters. The molecule has 1 N–H and O–H groups in total. The van der Waals surface area contributed by atoms with Gasteiger partial charge in [0.25, 0.3) is 0 Å². The Bertz CT molecular complexity index is 674. The summed E-state index contributed by atoms with van der Waals surface area (Å²) in [6.07, 6.45) is 3.13. The zero-order valence-corrected chi connectivity index (χ0v) is 13.3. The summed E-state index contributed by atoms with van der Waals surface area (Å²) in [4.78, 5) is 12.5. The van der Waals surface area contributed by atoms with Gasteiger partial charge in [-0.05, 0) is 18.9 Å². The Kier molecular flexibility index (Phi) is 4.10. The van der Waals surface area contributed by atoms with Crippen molar-refractivity contribution in [2.24, 2.45) is 0 Å². The second-order valence-electron chi connectivity index (χ2n) is 5.77. The van der Waals surface area contributed by atoms with Gasteiger partial charge in [0, 0.05) is 18.5 Å². The molecule has 120 valence electrons. The molecule has 0 spiro atoms. The molecule has 1 amide bonds. The maximum atomic E-state index is 12.5. The lowest BCUT2D eigenvalue weighted by atomic mass is 10.00. The van der Waals surface area contributed by atoms with Crippen LogP contribution in [0, 0.1) is 0 Å². The van der Waals surface area contributed by atoms with E-state index in [1.807, 2.05) is 24.3 Å². The maximum absolute atomic E-state index is 12.5. The van der Waals surface area contributed by atoms with Gasteiger partial charge in [0.2, 0.25) is 15.9 Å². The minimum absolute atomic E-state index is 0.125. The molecule has 2 aliphatic heterocycles. The summed E-state index contributed by atoms with van der Waals surface area (Å²) in [5, 5.41) is 2.99. The number of carbonyl (C=O) groups is 1. The van der Waals surface area contributed by atoms with E-state index in [1.54, 1.807) is 0 Å². The fourth-order valence-electron chi connectivity index (χ4n) is 3.16. The predicted molar refractivity (Wildman–Crippen MR) is 82.0 cm³/mol. The molecular weight excluding hydrogens is 304 g/mol. The number of rotatable bonds is 3. The average molecular weight is 324 g/mol. The molecule has 3 rings (SSSR count). The van der Waals surface area contributed by atoms with Gasteiger partial charge in [-0.1, -0.05) is 18.2 Å². The molecule has 0 saturated carbocycles. The quantitative estimate of drug-likeness (QED) is 0.902. The van der Waals surface area contributed by atoms with Crippen LogP contribution in [0.2, 0.25) is 0 Å². The topological polar surface area (TPSA) is 75.7 Å². The Balaban J connectivity index is 1.75. The Labute approximate surface area is 130 Å². The van der Waals surface area contributed by atoms with Gasteiger partial charge in [-0.15, -0.1) is 0 Å². The van der Waals surface area contributed by atoms with Crippen molar-refractivity contribution in [2.45, 2.75) is 31.3 Å². The van der Waals surface area contributed by atoms with Gasteiger partial charge in [0.05, 0.1) is 18.9 Å². The van der Waals surface area contributed by atoms with Crippen molar-refractivity contribution in [3.63, 3.8) is 0 Å². The number of para-hydroxylation sites is 1. The third-order valence-corrected chi connectivity index (χ3v) is 5.50. The summed E-state index contributed by atoms with van der Waals surface area (Å²) in [5.74, 6) is 0.565. The lowest BCUT2D eigenvalue weighted by molar-refractivity contribution is -0.125. The van der Waals surface area contributed by atoms with Crippen LogP contribution in [0.3, 0.4) is 0 Å². The van der Waals surface area contributed by atoms with Crippen LogP contribution < -0.4 is 10.1 Å². The lowest BCUT2D eigenvalue weighted by Crippen LogP contribution is -2.47. The third kappa shape index (κ3) is 2.96. The van der Waals surface area contributed by atoms with E-state index in [-0.39, 0.29) is 11.9 Å². The molecule has 7 heteroatoms. The molecule has 2 aliphatic rings. The van der Waals surface area contributed by atoms with Crippen molar-refractivity contribution >= 4 is 15.9 Å². The van der Waals surface area contributed by atoms with E-state index < -0.39 is 16.1 Å². The molecule has 2 atom stereocenters. The molecule has 6 nitrogen and oxygen atoms in total. The molecule has 22 heavy (non-hydrogen) atoms. The van der Waals surface area contributed by atoms with Crippen molar-refractivity contribution in [3.8, 4) is 5.75 Å². The summed E-state index contributed by atoms with van der Waals surface area (Å²) in [6.45, 7) is 0.962. The summed E-state index contributed by atoms with van der Waals surface area (Å²) < 4.78 is 30.4. The van der Waals surface area contributed by atoms with Crippen molar-refractivity contribution in [1.82, 2.24) is 9.62 Å². The van der Waals surface area contributed by atoms with E-state index in [9.17, 15) is 13.2 Å². The van der Waals surface area contributed by atoms with E-state index in [4.69, 9.17) is 4.74 Å². The van der Waals surface area contributed by atoms with Crippen LogP contribution in [0.15, 0.2) is 24.3 Å². The minimum Gasteiger partial charge on any atom is -0.493 e. The lowest BCUT2D eigenvalue weighted by Gasteiger charge is -2.29. The van der Waals surface area contributed by atoms with Gasteiger partial charge in [-0.2, -0.15) is 4.31 Å². The number of nitrogens with zero attached hydrogens (tertiary/aromatic N) is 1. The molecule has 1 fully saturated rings. The number of nitrogens with one attached hydrogen (secondary N) is 1. The Morgan fingerprint density at radius 1 is 1.32 bits per heavy atom. The predicted octanol–water partition coefficient (Wildman–Crippen LogP) is 1.05. The highest BCUT2D eigenvalue weighted by molar-refractivity contribution is 7.88. The first-order valence-corrected chi connectivity index (χ1v) is 9.30. The summed E-state index contributed by atoms with van der Waals surface area (Å²) in [6, 6.07) is 6.90. The fraction of sp³-hybridized carbons (Fsp3) is 0.533. The van der Waals surface area contributed by atoms with Gasteiger partial charge >= 0.3 is 0 Å². The van der Waals surface area contributed by atoms with Gasteiger partial charge in [-0.25, -0.2) is 8.42 Å². The normalized spacial score (nSPS) is 25.3. The molecule has 0 aliphatic carbocycles. The highest BCUT2D eigenvalue weighted by atomic mass is 32.2. The number of sulfonamides is 1. The second kappa shape index (κ2) is 5.89. The van der Waals surface area contributed by atoms with Gasteiger partial charge in [-0.3, -0.25) is 4.79 Å². The first-order chi connectivity index (χ1) is 10.5. The average Bonchev–Trinajstić information content (AvgIpc) is 2.97. The molecule has 2 heterocycles.